The second-order valence-corrected chi connectivity index (χ2v) is 10.6. The number of aryl methyl sites for hydroxylation is 1. The van der Waals surface area contributed by atoms with E-state index in [0.29, 0.717) is 22.0 Å². The first-order valence-corrected chi connectivity index (χ1v) is 13.0. The number of rotatable bonds is 5. The molecule has 3 aliphatic rings. The number of benzene rings is 2. The van der Waals surface area contributed by atoms with Gasteiger partial charge in [-0.3, -0.25) is 9.69 Å². The molecule has 0 spiro atoms. The largest absolute Gasteiger partial charge is 0.457 e. The first-order chi connectivity index (χ1) is 20.0. The average Bonchev–Trinajstić information content (AvgIpc) is 3.33. The van der Waals surface area contributed by atoms with Gasteiger partial charge in [-0.25, -0.2) is 9.78 Å². The van der Waals surface area contributed by atoms with Gasteiger partial charge in [-0.2, -0.15) is 0 Å². The summed E-state index contributed by atoms with van der Waals surface area (Å²) >= 11 is 1.36. The van der Waals surface area contributed by atoms with E-state index in [1.54, 1.807) is 37.4 Å². The van der Waals surface area contributed by atoms with Crippen LogP contribution in [0.5, 0.6) is 11.5 Å². The average molecular weight is 521 g/mol. The number of nitrogens with one attached hydrogen (secondary N) is 2. The highest BCUT2D eigenvalue weighted by molar-refractivity contribution is 8.01. The van der Waals surface area contributed by atoms with Crippen molar-refractivity contribution in [3.63, 3.8) is 0 Å². The maximum absolute atomic E-state index is 13.6. The molecule has 8 nitrogen and oxygen atoms in total. The number of piperidine rings is 1. The molecule has 2 aromatic carbocycles. The molecule has 4 heterocycles. The lowest BCUT2D eigenvalue weighted by molar-refractivity contribution is -0.122. The topological polar surface area (TPSA) is 86.8 Å². The van der Waals surface area contributed by atoms with Gasteiger partial charge in [0.15, 0.2) is 0 Å². The van der Waals surface area contributed by atoms with Crippen molar-refractivity contribution in [1.82, 2.24) is 20.5 Å². The Morgan fingerprint density at radius 3 is 2.84 bits per heavy atom. The van der Waals surface area contributed by atoms with Crippen molar-refractivity contribution >= 4 is 35.1 Å². The minimum atomic E-state index is -0.541. The van der Waals surface area contributed by atoms with Crippen LogP contribution in [0.4, 0.5) is 16.2 Å². The SMILES string of the molecule is [2H]c1c([2H])c([2H])c(Oc2ccc(N3C(=O)NC4c5c3ccnc5S[C@H]4C(=O)NC3CCCN(C)C3)c(C)c2)c([2H])c1[2H]. The molecule has 3 aliphatic heterocycles. The second-order valence-electron chi connectivity index (χ2n) is 9.46. The summed E-state index contributed by atoms with van der Waals surface area (Å²) in [5.41, 5.74) is 2.65. The summed E-state index contributed by atoms with van der Waals surface area (Å²) in [6.07, 6.45) is 3.57. The summed E-state index contributed by atoms with van der Waals surface area (Å²) in [7, 11) is 2.04. The van der Waals surface area contributed by atoms with Gasteiger partial charge in [-0.05, 0) is 75.3 Å². The molecule has 2 N–H and O–H groups in total. The van der Waals surface area contributed by atoms with Crippen molar-refractivity contribution in [3.05, 3.63) is 71.8 Å². The lowest BCUT2D eigenvalue weighted by atomic mass is 9.98. The van der Waals surface area contributed by atoms with Crippen LogP contribution in [0.15, 0.2) is 65.7 Å². The van der Waals surface area contributed by atoms with Crippen molar-refractivity contribution in [3.8, 4) is 11.5 Å². The number of likely N-dealkylation sites (tertiary alicyclic amines) is 1. The van der Waals surface area contributed by atoms with E-state index in [2.05, 4.69) is 20.5 Å². The fourth-order valence-corrected chi connectivity index (χ4v) is 6.42. The second kappa shape index (κ2) is 9.72. The molecule has 0 saturated carbocycles. The van der Waals surface area contributed by atoms with Crippen LogP contribution in [-0.4, -0.2) is 53.3 Å². The number of anilines is 2. The molecule has 37 heavy (non-hydrogen) atoms. The van der Waals surface area contributed by atoms with Gasteiger partial charge in [0.2, 0.25) is 5.91 Å². The van der Waals surface area contributed by atoms with Crippen LogP contribution in [-0.2, 0) is 4.79 Å². The van der Waals surface area contributed by atoms with E-state index in [9.17, 15) is 9.59 Å². The number of likely N-dealkylation sites (N-methyl/N-ethyl adjacent to an activating group) is 1. The first-order valence-electron chi connectivity index (χ1n) is 14.7. The smallest absolute Gasteiger partial charge is 0.327 e. The molecule has 1 fully saturated rings. The summed E-state index contributed by atoms with van der Waals surface area (Å²) in [5, 5.41) is 6.36. The first kappa shape index (κ1) is 18.6. The number of para-hydroxylation sites is 1. The van der Waals surface area contributed by atoms with Gasteiger partial charge in [0.05, 0.1) is 24.3 Å². The van der Waals surface area contributed by atoms with Crippen molar-refractivity contribution in [1.29, 1.82) is 0 Å². The third kappa shape index (κ3) is 4.53. The zero-order chi connectivity index (χ0) is 29.9. The molecule has 2 unspecified atom stereocenters. The maximum atomic E-state index is 13.6. The quantitative estimate of drug-likeness (QED) is 0.504. The van der Waals surface area contributed by atoms with Crippen LogP contribution in [0.2, 0.25) is 0 Å². The molecule has 3 aromatic rings. The van der Waals surface area contributed by atoms with E-state index in [4.69, 9.17) is 11.6 Å². The molecule has 3 amide bonds. The van der Waals surface area contributed by atoms with Crippen molar-refractivity contribution in [2.75, 3.05) is 25.0 Å². The molecular formula is C28H29N5O3S. The highest BCUT2D eigenvalue weighted by atomic mass is 32.2. The van der Waals surface area contributed by atoms with Gasteiger partial charge in [0.25, 0.3) is 0 Å². The fourth-order valence-electron chi connectivity index (χ4n) is 5.18. The van der Waals surface area contributed by atoms with Crippen LogP contribution < -0.4 is 20.3 Å². The zero-order valence-electron chi connectivity index (χ0n) is 25.4. The van der Waals surface area contributed by atoms with Crippen LogP contribution in [0.1, 0.15) is 36.9 Å². The zero-order valence-corrected chi connectivity index (χ0v) is 21.2. The van der Waals surface area contributed by atoms with Gasteiger partial charge in [0, 0.05) is 24.3 Å². The van der Waals surface area contributed by atoms with E-state index in [1.165, 1.54) is 16.7 Å². The minimum absolute atomic E-state index is 0.0646. The summed E-state index contributed by atoms with van der Waals surface area (Å²) in [5.74, 6) is -0.140. The van der Waals surface area contributed by atoms with Crippen LogP contribution in [0.3, 0.4) is 0 Å². The Balaban J connectivity index is 1.27. The number of nitrogens with zero attached hydrogens (tertiary/aromatic N) is 3. The highest BCUT2D eigenvalue weighted by Crippen LogP contribution is 2.51. The summed E-state index contributed by atoms with van der Waals surface area (Å²) < 4.78 is 45.5. The Morgan fingerprint density at radius 1 is 1.22 bits per heavy atom. The summed E-state index contributed by atoms with van der Waals surface area (Å²) in [4.78, 5) is 35.2. The molecule has 1 aromatic heterocycles. The standard InChI is InChI=1S/C28H29N5O3S/c1-17-15-20(36-19-8-4-3-5-9-19)10-11-21(17)33-22-12-13-29-27-23(22)24(31-28(33)35)25(37-27)26(34)30-18-7-6-14-32(2)16-18/h3-5,8-13,15,18,24-25H,6-7,14,16H2,1-2H3,(H,30,34)(H,31,35)/t18?,24?,25-/m1/s1/i3D,4D,5D,8D,9D. The maximum Gasteiger partial charge on any atom is 0.327 e. The number of amides is 3. The number of carbonyl (C=O) groups excluding carboxylic acids is 2. The highest BCUT2D eigenvalue weighted by Gasteiger charge is 2.47. The third-order valence-electron chi connectivity index (χ3n) is 6.84. The number of aromatic nitrogens is 1. The molecule has 3 atom stereocenters. The lowest BCUT2D eigenvalue weighted by Crippen LogP contribution is -2.52. The monoisotopic (exact) mass is 520 g/mol. The molecular weight excluding hydrogens is 486 g/mol. The molecule has 190 valence electrons. The third-order valence-corrected chi connectivity index (χ3v) is 8.13. The number of urea groups is 1. The molecule has 0 aliphatic carbocycles. The van der Waals surface area contributed by atoms with E-state index >= 15 is 0 Å². The van der Waals surface area contributed by atoms with Crippen LogP contribution in [0, 0.1) is 6.92 Å². The number of thioether (sulfide) groups is 1. The van der Waals surface area contributed by atoms with E-state index in [0.717, 1.165) is 31.5 Å². The number of pyridine rings is 1. The van der Waals surface area contributed by atoms with E-state index in [-0.39, 0.29) is 29.5 Å². The summed E-state index contributed by atoms with van der Waals surface area (Å²) in [6.45, 7) is 3.59. The van der Waals surface area contributed by atoms with Crippen LogP contribution in [0.25, 0.3) is 0 Å². The van der Waals surface area contributed by atoms with Gasteiger partial charge < -0.3 is 20.3 Å². The van der Waals surface area contributed by atoms with E-state index < -0.39 is 41.5 Å². The number of ether oxygens (including phenoxy) is 1. The normalized spacial score (nSPS) is 24.7. The Morgan fingerprint density at radius 2 is 2.05 bits per heavy atom. The van der Waals surface area contributed by atoms with Crippen LogP contribution >= 0.6 is 11.8 Å². The van der Waals surface area contributed by atoms with Gasteiger partial charge in [0.1, 0.15) is 21.8 Å². The Bertz CT molecular complexity index is 1600. The molecule has 1 saturated heterocycles. The summed E-state index contributed by atoms with van der Waals surface area (Å²) in [6, 6.07) is 3.47. The van der Waals surface area contributed by atoms with Gasteiger partial charge >= 0.3 is 6.03 Å². The van der Waals surface area contributed by atoms with Gasteiger partial charge in [-0.1, -0.05) is 29.9 Å². The van der Waals surface area contributed by atoms with Crippen molar-refractivity contribution in [2.45, 2.75) is 42.1 Å². The Kier molecular flexibility index (Phi) is 4.90. The molecule has 9 heteroatoms. The van der Waals surface area contributed by atoms with E-state index in [1.807, 2.05) is 7.05 Å². The minimum Gasteiger partial charge on any atom is -0.457 e. The predicted octanol–water partition coefficient (Wildman–Crippen LogP) is 4.77. The lowest BCUT2D eigenvalue weighted by Gasteiger charge is -2.35. The van der Waals surface area contributed by atoms with Crippen molar-refractivity contribution in [2.24, 2.45) is 0 Å². The molecule has 0 bridgehead atoms. The number of hydrogen-bond donors (Lipinski definition) is 2. The van der Waals surface area contributed by atoms with Gasteiger partial charge in [-0.15, -0.1) is 0 Å². The number of carbonyl (C=O) groups is 2. The van der Waals surface area contributed by atoms with Crippen molar-refractivity contribution < 1.29 is 21.2 Å². The molecule has 6 rings (SSSR count). The Hall–Kier alpha value is -3.56. The predicted molar refractivity (Wildman–Crippen MR) is 144 cm³/mol. The molecule has 0 radical (unpaired) electrons. The fraction of sp³-hybridized carbons (Fsp3) is 0.321. The Labute approximate surface area is 227 Å². The number of hydrogen-bond acceptors (Lipinski definition) is 6.